The maximum atomic E-state index is 13.2. The summed E-state index contributed by atoms with van der Waals surface area (Å²) in [4.78, 5) is 0. The van der Waals surface area contributed by atoms with Gasteiger partial charge in [-0.2, -0.15) is 13.2 Å². The Morgan fingerprint density at radius 2 is 1.75 bits per heavy atom. The van der Waals surface area contributed by atoms with E-state index in [1.54, 1.807) is 7.11 Å². The second kappa shape index (κ2) is 7.68. The molecule has 3 aromatic carbocycles. The Hall–Kier alpha value is -3.31. The Morgan fingerprint density at radius 1 is 0.969 bits per heavy atom. The van der Waals surface area contributed by atoms with Gasteiger partial charge in [-0.25, -0.2) is 0 Å². The van der Waals surface area contributed by atoms with E-state index in [1.165, 1.54) is 12.1 Å². The van der Waals surface area contributed by atoms with E-state index in [0.29, 0.717) is 17.7 Å². The van der Waals surface area contributed by atoms with Crippen LogP contribution in [0.3, 0.4) is 0 Å². The highest BCUT2D eigenvalue weighted by Crippen LogP contribution is 2.46. The number of rotatable bonds is 3. The summed E-state index contributed by atoms with van der Waals surface area (Å²) in [7, 11) is 1.65. The summed E-state index contributed by atoms with van der Waals surface area (Å²) >= 11 is 0. The number of halogens is 3. The lowest BCUT2D eigenvalue weighted by Gasteiger charge is -2.38. The van der Waals surface area contributed by atoms with Crippen molar-refractivity contribution in [1.29, 1.82) is 0 Å². The molecule has 0 bridgehead atoms. The molecule has 0 amide bonds. The van der Waals surface area contributed by atoms with Gasteiger partial charge < -0.3 is 9.47 Å². The van der Waals surface area contributed by atoms with Crippen LogP contribution in [0.5, 0.6) is 5.75 Å². The maximum absolute atomic E-state index is 13.2. The SMILES string of the molecule is COC1C=CC(C2(c3ccc(C(F)(F)F)cc3)C=Cc3c(ccc4ccccc34)O2)=CC1. The van der Waals surface area contributed by atoms with Crippen molar-refractivity contribution in [2.75, 3.05) is 7.11 Å². The summed E-state index contributed by atoms with van der Waals surface area (Å²) in [6.45, 7) is 0. The van der Waals surface area contributed by atoms with Crippen molar-refractivity contribution in [3.8, 4) is 5.75 Å². The van der Waals surface area contributed by atoms with Crippen LogP contribution in [-0.4, -0.2) is 13.2 Å². The molecule has 1 heterocycles. The minimum Gasteiger partial charge on any atom is -0.473 e. The number of methoxy groups -OCH3 is 1. The van der Waals surface area contributed by atoms with E-state index in [0.717, 1.165) is 34.0 Å². The summed E-state index contributed by atoms with van der Waals surface area (Å²) in [5.74, 6) is 0.689. The van der Waals surface area contributed by atoms with Gasteiger partial charge in [0.25, 0.3) is 0 Å². The molecule has 32 heavy (non-hydrogen) atoms. The molecule has 162 valence electrons. The first kappa shape index (κ1) is 20.6. The number of hydrogen-bond acceptors (Lipinski definition) is 2. The first-order valence-electron chi connectivity index (χ1n) is 10.4. The topological polar surface area (TPSA) is 18.5 Å². The molecule has 0 saturated heterocycles. The molecule has 0 radical (unpaired) electrons. The lowest BCUT2D eigenvalue weighted by atomic mass is 9.80. The average Bonchev–Trinajstić information content (AvgIpc) is 2.83. The van der Waals surface area contributed by atoms with Gasteiger partial charge in [0.05, 0.1) is 11.7 Å². The van der Waals surface area contributed by atoms with Gasteiger partial charge in [0.15, 0.2) is 5.60 Å². The molecule has 0 spiro atoms. The first-order valence-corrected chi connectivity index (χ1v) is 10.4. The van der Waals surface area contributed by atoms with Gasteiger partial charge in [0.2, 0.25) is 0 Å². The molecule has 5 heteroatoms. The Balaban J connectivity index is 1.64. The summed E-state index contributed by atoms with van der Waals surface area (Å²) in [5, 5.41) is 2.16. The first-order chi connectivity index (χ1) is 15.4. The molecule has 2 unspecified atom stereocenters. The van der Waals surface area contributed by atoms with E-state index in [1.807, 2.05) is 66.8 Å². The predicted molar refractivity (Wildman–Crippen MR) is 119 cm³/mol. The lowest BCUT2D eigenvalue weighted by Crippen LogP contribution is -2.35. The molecule has 3 aromatic rings. The zero-order valence-electron chi connectivity index (χ0n) is 17.4. The van der Waals surface area contributed by atoms with Gasteiger partial charge in [-0.05, 0) is 53.1 Å². The Bertz CT molecular complexity index is 1250. The van der Waals surface area contributed by atoms with Crippen molar-refractivity contribution >= 4 is 16.8 Å². The molecule has 1 aliphatic heterocycles. The number of ether oxygens (including phenoxy) is 2. The Morgan fingerprint density at radius 3 is 2.44 bits per heavy atom. The van der Waals surface area contributed by atoms with Gasteiger partial charge in [0, 0.05) is 18.2 Å². The molecule has 0 aromatic heterocycles. The van der Waals surface area contributed by atoms with E-state index in [4.69, 9.17) is 9.47 Å². The van der Waals surface area contributed by atoms with Gasteiger partial charge in [-0.1, -0.05) is 60.7 Å². The van der Waals surface area contributed by atoms with Crippen LogP contribution in [0, 0.1) is 0 Å². The van der Waals surface area contributed by atoms with Gasteiger partial charge in [0.1, 0.15) is 5.75 Å². The van der Waals surface area contributed by atoms with Crippen LogP contribution in [-0.2, 0) is 16.5 Å². The molecule has 0 N–H and O–H groups in total. The molecular weight excluding hydrogens is 413 g/mol. The number of benzene rings is 3. The molecule has 0 saturated carbocycles. The molecule has 1 aliphatic carbocycles. The minimum atomic E-state index is -4.39. The van der Waals surface area contributed by atoms with Gasteiger partial charge >= 0.3 is 6.18 Å². The maximum Gasteiger partial charge on any atom is 0.416 e. The van der Waals surface area contributed by atoms with Crippen LogP contribution in [0.25, 0.3) is 16.8 Å². The molecule has 5 rings (SSSR count). The highest BCUT2D eigenvalue weighted by Gasteiger charge is 2.40. The molecular formula is C27H21F3O2. The largest absolute Gasteiger partial charge is 0.473 e. The van der Waals surface area contributed by atoms with Crippen LogP contribution < -0.4 is 4.74 Å². The van der Waals surface area contributed by atoms with E-state index in [-0.39, 0.29) is 6.10 Å². The lowest BCUT2D eigenvalue weighted by molar-refractivity contribution is -0.137. The van der Waals surface area contributed by atoms with Crippen LogP contribution in [0.15, 0.2) is 90.5 Å². The summed E-state index contributed by atoms with van der Waals surface area (Å²) in [5.41, 5.74) is 0.735. The highest BCUT2D eigenvalue weighted by molar-refractivity contribution is 5.94. The standard InChI is InChI=1S/C27H21F3O2/c1-31-22-13-11-20(12-14-22)26(19-7-9-21(10-8-19)27(28,29)30)17-16-24-23-5-3-2-4-18(23)6-15-25(24)32-26/h2-13,15-17,22H,14H2,1H3. The highest BCUT2D eigenvalue weighted by atomic mass is 19.4. The van der Waals surface area contributed by atoms with E-state index in [2.05, 4.69) is 0 Å². The van der Waals surface area contributed by atoms with Crippen LogP contribution in [0.1, 0.15) is 23.1 Å². The van der Waals surface area contributed by atoms with E-state index < -0.39 is 17.3 Å². The fourth-order valence-corrected chi connectivity index (χ4v) is 4.38. The van der Waals surface area contributed by atoms with Crippen molar-refractivity contribution in [3.05, 3.63) is 107 Å². The molecule has 0 fully saturated rings. The average molecular weight is 434 g/mol. The van der Waals surface area contributed by atoms with Crippen molar-refractivity contribution < 1.29 is 22.6 Å². The summed E-state index contributed by atoms with van der Waals surface area (Å²) in [6.07, 6.45) is 6.10. The fraction of sp³-hybridized carbons (Fsp3) is 0.185. The summed E-state index contributed by atoms with van der Waals surface area (Å²) < 4.78 is 51.5. The number of hydrogen-bond donors (Lipinski definition) is 0. The monoisotopic (exact) mass is 434 g/mol. The third-order valence-electron chi connectivity index (χ3n) is 6.12. The van der Waals surface area contributed by atoms with Crippen molar-refractivity contribution in [1.82, 2.24) is 0 Å². The molecule has 2 aliphatic rings. The molecule has 2 nitrogen and oxygen atoms in total. The van der Waals surface area contributed by atoms with E-state index in [9.17, 15) is 13.2 Å². The second-order valence-electron chi connectivity index (χ2n) is 7.97. The van der Waals surface area contributed by atoms with Crippen LogP contribution in [0.4, 0.5) is 13.2 Å². The summed E-state index contributed by atoms with van der Waals surface area (Å²) in [6, 6.07) is 17.2. The van der Waals surface area contributed by atoms with Crippen molar-refractivity contribution in [2.24, 2.45) is 0 Å². The zero-order valence-corrected chi connectivity index (χ0v) is 17.4. The number of alkyl halides is 3. The van der Waals surface area contributed by atoms with Gasteiger partial charge in [-0.3, -0.25) is 0 Å². The Kier molecular flexibility index (Phi) is 4.94. The smallest absolute Gasteiger partial charge is 0.416 e. The normalized spacial score (nSPS) is 22.4. The van der Waals surface area contributed by atoms with Crippen molar-refractivity contribution in [2.45, 2.75) is 24.3 Å². The van der Waals surface area contributed by atoms with Crippen molar-refractivity contribution in [3.63, 3.8) is 0 Å². The second-order valence-corrected chi connectivity index (χ2v) is 7.97. The Labute approximate surface area is 184 Å². The third-order valence-corrected chi connectivity index (χ3v) is 6.12. The fourth-order valence-electron chi connectivity index (χ4n) is 4.38. The minimum absolute atomic E-state index is 0.0350. The number of fused-ring (bicyclic) bond motifs is 3. The van der Waals surface area contributed by atoms with E-state index >= 15 is 0 Å². The quantitative estimate of drug-likeness (QED) is 0.439. The predicted octanol–water partition coefficient (Wildman–Crippen LogP) is 7.06. The van der Waals surface area contributed by atoms with Crippen LogP contribution in [0.2, 0.25) is 0 Å². The molecule has 2 atom stereocenters. The van der Waals surface area contributed by atoms with Crippen LogP contribution >= 0.6 is 0 Å². The third kappa shape index (κ3) is 3.43. The van der Waals surface area contributed by atoms with Gasteiger partial charge in [-0.15, -0.1) is 0 Å². The zero-order chi connectivity index (χ0) is 22.3.